The van der Waals surface area contributed by atoms with Crippen molar-refractivity contribution in [3.63, 3.8) is 0 Å². The Morgan fingerprint density at radius 1 is 1.22 bits per heavy atom. The zero-order valence-electron chi connectivity index (χ0n) is 11.0. The molecule has 18 heavy (non-hydrogen) atoms. The molecule has 0 aliphatic rings. The lowest BCUT2D eigenvalue weighted by molar-refractivity contribution is 0.487. The van der Waals surface area contributed by atoms with Crippen molar-refractivity contribution >= 4 is 0 Å². The van der Waals surface area contributed by atoms with E-state index in [2.05, 4.69) is 33.8 Å². The highest BCUT2D eigenvalue weighted by molar-refractivity contribution is 5.55. The van der Waals surface area contributed by atoms with E-state index in [1.54, 1.807) is 18.6 Å². The summed E-state index contributed by atoms with van der Waals surface area (Å²) in [4.78, 5) is 16.3. The van der Waals surface area contributed by atoms with E-state index in [9.17, 15) is 0 Å². The smallest absolute Gasteiger partial charge is 0.111 e. The van der Waals surface area contributed by atoms with Gasteiger partial charge in [0.2, 0.25) is 0 Å². The van der Waals surface area contributed by atoms with Crippen LogP contribution in [-0.4, -0.2) is 26.5 Å². The third kappa shape index (κ3) is 2.41. The second-order valence-corrected chi connectivity index (χ2v) is 4.76. The third-order valence-corrected chi connectivity index (χ3v) is 3.14. The predicted octanol–water partition coefficient (Wildman–Crippen LogP) is 1.87. The molecule has 2 aromatic rings. The van der Waals surface area contributed by atoms with Crippen LogP contribution in [0.15, 0.2) is 18.6 Å². The average molecular weight is 245 g/mol. The van der Waals surface area contributed by atoms with Crippen LogP contribution in [0, 0.1) is 12.8 Å². The van der Waals surface area contributed by atoms with Gasteiger partial charge in [-0.2, -0.15) is 0 Å². The molecule has 0 saturated heterocycles. The molecule has 0 radical (unpaired) electrons. The quantitative estimate of drug-likeness (QED) is 0.861. The first-order valence-electron chi connectivity index (χ1n) is 6.16. The van der Waals surface area contributed by atoms with Gasteiger partial charge in [-0.25, -0.2) is 4.98 Å². The van der Waals surface area contributed by atoms with Crippen LogP contribution >= 0.6 is 0 Å². The van der Waals surface area contributed by atoms with Crippen molar-refractivity contribution in [2.24, 2.45) is 11.7 Å². The van der Waals surface area contributed by atoms with Crippen molar-refractivity contribution in [2.45, 2.75) is 26.7 Å². The van der Waals surface area contributed by atoms with Gasteiger partial charge in [-0.3, -0.25) is 9.97 Å². The molecular formula is C13H19N5. The Morgan fingerprint density at radius 2 is 1.94 bits per heavy atom. The van der Waals surface area contributed by atoms with E-state index >= 15 is 0 Å². The molecule has 0 aliphatic heterocycles. The summed E-state index contributed by atoms with van der Waals surface area (Å²) in [6, 6.07) is 0. The summed E-state index contributed by atoms with van der Waals surface area (Å²) >= 11 is 0. The molecule has 96 valence electrons. The monoisotopic (exact) mass is 245 g/mol. The van der Waals surface area contributed by atoms with Gasteiger partial charge >= 0.3 is 0 Å². The Kier molecular flexibility index (Phi) is 3.72. The maximum absolute atomic E-state index is 5.80. The number of aromatic nitrogens is 4. The summed E-state index contributed by atoms with van der Waals surface area (Å²) < 4.78 is 0. The minimum atomic E-state index is 0.246. The van der Waals surface area contributed by atoms with Crippen molar-refractivity contribution < 1.29 is 0 Å². The average Bonchev–Trinajstić information content (AvgIpc) is 2.79. The Hall–Kier alpha value is -1.75. The van der Waals surface area contributed by atoms with Gasteiger partial charge in [0.1, 0.15) is 11.5 Å². The Bertz CT molecular complexity index is 518. The Labute approximate surface area is 107 Å². The van der Waals surface area contributed by atoms with Gasteiger partial charge in [-0.1, -0.05) is 13.8 Å². The molecule has 0 amide bonds. The molecule has 0 fully saturated rings. The molecule has 0 aliphatic carbocycles. The largest absolute Gasteiger partial charge is 0.340 e. The molecule has 0 spiro atoms. The van der Waals surface area contributed by atoms with Crippen LogP contribution in [0.5, 0.6) is 0 Å². The van der Waals surface area contributed by atoms with Crippen molar-refractivity contribution in [1.82, 2.24) is 19.9 Å². The number of nitrogens with two attached hydrogens (primary N) is 1. The molecule has 0 bridgehead atoms. The maximum atomic E-state index is 5.80. The molecule has 5 heteroatoms. The summed E-state index contributed by atoms with van der Waals surface area (Å²) in [7, 11) is 0. The number of aryl methyl sites for hydroxylation is 1. The summed E-state index contributed by atoms with van der Waals surface area (Å²) in [6.07, 6.45) is 5.18. The zero-order valence-corrected chi connectivity index (χ0v) is 11.0. The topological polar surface area (TPSA) is 80.5 Å². The molecule has 3 N–H and O–H groups in total. The molecule has 1 unspecified atom stereocenters. The summed E-state index contributed by atoms with van der Waals surface area (Å²) in [5.74, 6) is 1.63. The highest BCUT2D eigenvalue weighted by Gasteiger charge is 2.18. The number of hydrogen-bond acceptors (Lipinski definition) is 4. The van der Waals surface area contributed by atoms with Crippen molar-refractivity contribution in [3.05, 3.63) is 30.1 Å². The minimum Gasteiger partial charge on any atom is -0.340 e. The molecule has 2 aromatic heterocycles. The number of aromatic amines is 1. The maximum Gasteiger partial charge on any atom is 0.111 e. The number of H-pyrrole nitrogens is 1. The number of rotatable bonds is 4. The van der Waals surface area contributed by atoms with Crippen LogP contribution in [0.4, 0.5) is 0 Å². The molecule has 1 atom stereocenters. The van der Waals surface area contributed by atoms with Crippen LogP contribution < -0.4 is 5.73 Å². The highest BCUT2D eigenvalue weighted by Crippen LogP contribution is 2.24. The van der Waals surface area contributed by atoms with E-state index in [-0.39, 0.29) is 5.92 Å². The summed E-state index contributed by atoms with van der Waals surface area (Å²) in [5.41, 5.74) is 8.43. The lowest BCUT2D eigenvalue weighted by Crippen LogP contribution is -2.19. The van der Waals surface area contributed by atoms with E-state index < -0.39 is 0 Å². The van der Waals surface area contributed by atoms with Gasteiger partial charge in [0.05, 0.1) is 17.6 Å². The van der Waals surface area contributed by atoms with E-state index in [1.807, 2.05) is 6.92 Å². The third-order valence-electron chi connectivity index (χ3n) is 3.14. The molecule has 2 rings (SSSR count). The highest BCUT2D eigenvalue weighted by atomic mass is 15.0. The van der Waals surface area contributed by atoms with E-state index in [4.69, 9.17) is 5.73 Å². The van der Waals surface area contributed by atoms with Gasteiger partial charge < -0.3 is 10.7 Å². The van der Waals surface area contributed by atoms with Crippen LogP contribution in [0.25, 0.3) is 11.4 Å². The van der Waals surface area contributed by atoms with E-state index in [0.717, 1.165) is 22.9 Å². The van der Waals surface area contributed by atoms with Gasteiger partial charge in [0, 0.05) is 24.9 Å². The molecule has 0 aromatic carbocycles. The van der Waals surface area contributed by atoms with E-state index in [1.165, 1.54) is 0 Å². The standard InChI is InChI=1S/C13H19N5/c1-8(2)10(6-14)13-17-7-11(18-13)12-9(3)15-4-5-16-12/h4-5,7-8,10H,6,14H2,1-3H3,(H,17,18). The van der Waals surface area contributed by atoms with Gasteiger partial charge in [0.15, 0.2) is 0 Å². The first-order chi connectivity index (χ1) is 8.63. The summed E-state index contributed by atoms with van der Waals surface area (Å²) in [5, 5.41) is 0. The zero-order chi connectivity index (χ0) is 13.1. The fraction of sp³-hybridized carbons (Fsp3) is 0.462. The first kappa shape index (κ1) is 12.7. The minimum absolute atomic E-state index is 0.246. The Balaban J connectivity index is 2.34. The van der Waals surface area contributed by atoms with Crippen molar-refractivity contribution in [2.75, 3.05) is 6.54 Å². The number of nitrogens with one attached hydrogen (secondary N) is 1. The SMILES string of the molecule is Cc1nccnc1-c1cnc(C(CN)C(C)C)[nH]1. The molecule has 5 nitrogen and oxygen atoms in total. The van der Waals surface area contributed by atoms with Gasteiger partial charge in [-0.15, -0.1) is 0 Å². The van der Waals surface area contributed by atoms with Crippen molar-refractivity contribution in [3.8, 4) is 11.4 Å². The molecule has 0 saturated carbocycles. The number of nitrogens with zero attached hydrogens (tertiary/aromatic N) is 3. The van der Waals surface area contributed by atoms with Crippen LogP contribution in [0.2, 0.25) is 0 Å². The van der Waals surface area contributed by atoms with Crippen LogP contribution in [-0.2, 0) is 0 Å². The normalized spacial score (nSPS) is 12.9. The van der Waals surface area contributed by atoms with Crippen LogP contribution in [0.1, 0.15) is 31.3 Å². The fourth-order valence-corrected chi connectivity index (χ4v) is 2.02. The van der Waals surface area contributed by atoms with Gasteiger partial charge in [0.25, 0.3) is 0 Å². The number of hydrogen-bond donors (Lipinski definition) is 2. The molecular weight excluding hydrogens is 226 g/mol. The molecule has 2 heterocycles. The lowest BCUT2D eigenvalue weighted by Gasteiger charge is -2.15. The second-order valence-electron chi connectivity index (χ2n) is 4.76. The fourth-order valence-electron chi connectivity index (χ4n) is 2.02. The van der Waals surface area contributed by atoms with Gasteiger partial charge in [-0.05, 0) is 12.8 Å². The summed E-state index contributed by atoms with van der Waals surface area (Å²) in [6.45, 7) is 6.82. The Morgan fingerprint density at radius 3 is 2.56 bits per heavy atom. The first-order valence-corrected chi connectivity index (χ1v) is 6.16. The van der Waals surface area contributed by atoms with Crippen molar-refractivity contribution in [1.29, 1.82) is 0 Å². The number of imidazole rings is 1. The second kappa shape index (κ2) is 5.27. The lowest BCUT2D eigenvalue weighted by atomic mass is 9.95. The van der Waals surface area contributed by atoms with E-state index in [0.29, 0.717) is 12.5 Å². The predicted molar refractivity (Wildman–Crippen MR) is 71.0 cm³/mol. The van der Waals surface area contributed by atoms with Crippen LogP contribution in [0.3, 0.4) is 0 Å².